The molecule has 0 bridgehead atoms. The number of nitrogens with one attached hydrogen (secondary N) is 1. The minimum Gasteiger partial charge on any atom is -0.364 e. The molecule has 0 aliphatic carbocycles. The van der Waals surface area contributed by atoms with Gasteiger partial charge in [-0.2, -0.15) is 5.10 Å². The number of carbonyl (C=O) groups excluding carboxylic acids is 1. The zero-order valence-electron chi connectivity index (χ0n) is 14.3. The van der Waals surface area contributed by atoms with Gasteiger partial charge in [0.25, 0.3) is 5.91 Å². The Morgan fingerprint density at radius 2 is 1.96 bits per heavy atom. The van der Waals surface area contributed by atoms with Crippen molar-refractivity contribution in [2.45, 2.75) is 20.0 Å². The minimum absolute atomic E-state index is 0.129. The van der Waals surface area contributed by atoms with Crippen molar-refractivity contribution in [2.24, 2.45) is 0 Å². The normalized spacial score (nSPS) is 13.6. The lowest BCUT2D eigenvalue weighted by atomic mass is 10.2. The van der Waals surface area contributed by atoms with Crippen molar-refractivity contribution >= 4 is 17.4 Å². The fraction of sp³-hybridized carbons (Fsp3) is 0.211. The first-order valence-electron chi connectivity index (χ1n) is 8.41. The molecule has 1 N–H and O–H groups in total. The molecule has 6 nitrogen and oxygen atoms in total. The molecule has 0 atom stereocenters. The molecule has 1 aromatic carbocycles. The number of benzene rings is 1. The first kappa shape index (κ1) is 16.3. The van der Waals surface area contributed by atoms with E-state index in [2.05, 4.69) is 15.4 Å². The van der Waals surface area contributed by atoms with Crippen molar-refractivity contribution in [3.05, 3.63) is 71.4 Å². The van der Waals surface area contributed by atoms with Gasteiger partial charge in [-0.25, -0.2) is 9.37 Å². The van der Waals surface area contributed by atoms with E-state index in [1.165, 1.54) is 12.1 Å². The zero-order chi connectivity index (χ0) is 18.1. The van der Waals surface area contributed by atoms with Gasteiger partial charge < -0.3 is 10.2 Å². The summed E-state index contributed by atoms with van der Waals surface area (Å²) in [5, 5.41) is 7.72. The Labute approximate surface area is 150 Å². The van der Waals surface area contributed by atoms with E-state index in [1.54, 1.807) is 34.0 Å². The topological polar surface area (TPSA) is 63.1 Å². The van der Waals surface area contributed by atoms with E-state index in [9.17, 15) is 9.18 Å². The molecule has 26 heavy (non-hydrogen) atoms. The van der Waals surface area contributed by atoms with E-state index in [0.717, 1.165) is 17.1 Å². The van der Waals surface area contributed by atoms with E-state index in [4.69, 9.17) is 0 Å². The molecular formula is C19H18FN5O. The van der Waals surface area contributed by atoms with Gasteiger partial charge in [0.2, 0.25) is 0 Å². The largest absolute Gasteiger partial charge is 0.364 e. The number of fused-ring (bicyclic) bond motifs is 1. The molecule has 132 valence electrons. The first-order chi connectivity index (χ1) is 12.6. The van der Waals surface area contributed by atoms with Crippen LogP contribution in [0.4, 0.5) is 15.9 Å². The lowest BCUT2D eigenvalue weighted by Crippen LogP contribution is -2.40. The fourth-order valence-corrected chi connectivity index (χ4v) is 3.01. The minimum atomic E-state index is -0.318. The third kappa shape index (κ3) is 3.15. The van der Waals surface area contributed by atoms with Crippen LogP contribution in [-0.4, -0.2) is 27.2 Å². The number of hydrogen-bond donors (Lipinski definition) is 1. The summed E-state index contributed by atoms with van der Waals surface area (Å²) in [6.45, 7) is 3.60. The molecule has 4 rings (SSSR count). The van der Waals surface area contributed by atoms with Crippen LogP contribution in [0.3, 0.4) is 0 Å². The van der Waals surface area contributed by atoms with Gasteiger partial charge in [-0.05, 0) is 55.0 Å². The summed E-state index contributed by atoms with van der Waals surface area (Å²) in [4.78, 5) is 18.7. The molecule has 1 amide bonds. The maximum Gasteiger partial charge on any atom is 0.276 e. The van der Waals surface area contributed by atoms with E-state index in [0.29, 0.717) is 31.0 Å². The number of aryl methyl sites for hydroxylation is 1. The number of amides is 1. The molecule has 1 aliphatic rings. The summed E-state index contributed by atoms with van der Waals surface area (Å²) in [7, 11) is 0. The van der Waals surface area contributed by atoms with Gasteiger partial charge in [0.1, 0.15) is 17.3 Å². The van der Waals surface area contributed by atoms with E-state index < -0.39 is 0 Å². The van der Waals surface area contributed by atoms with Crippen molar-refractivity contribution < 1.29 is 9.18 Å². The molecule has 0 fully saturated rings. The highest BCUT2D eigenvalue weighted by atomic mass is 19.1. The number of nitrogens with zero attached hydrogens (tertiary/aromatic N) is 4. The second-order valence-electron chi connectivity index (χ2n) is 6.25. The van der Waals surface area contributed by atoms with Crippen LogP contribution in [-0.2, 0) is 13.1 Å². The number of aromatic nitrogens is 3. The highest BCUT2D eigenvalue weighted by molar-refractivity contribution is 6.05. The maximum atomic E-state index is 13.1. The van der Waals surface area contributed by atoms with Gasteiger partial charge in [0, 0.05) is 18.4 Å². The molecule has 3 aromatic rings. The predicted molar refractivity (Wildman–Crippen MR) is 96.6 cm³/mol. The Bertz CT molecular complexity index is 951. The van der Waals surface area contributed by atoms with Gasteiger partial charge in [0.05, 0.1) is 18.8 Å². The highest BCUT2D eigenvalue weighted by Gasteiger charge is 2.27. The van der Waals surface area contributed by atoms with Gasteiger partial charge in [-0.15, -0.1) is 0 Å². The lowest BCUT2D eigenvalue weighted by molar-refractivity contribution is 0.0962. The molecule has 0 radical (unpaired) electrons. The van der Waals surface area contributed by atoms with Crippen molar-refractivity contribution in [3.8, 4) is 0 Å². The average Bonchev–Trinajstić information content (AvgIpc) is 3.06. The van der Waals surface area contributed by atoms with Gasteiger partial charge in [0.15, 0.2) is 0 Å². The van der Waals surface area contributed by atoms with Gasteiger partial charge in [-0.3, -0.25) is 9.48 Å². The quantitative estimate of drug-likeness (QED) is 0.785. The number of carbonyl (C=O) groups is 1. The zero-order valence-corrected chi connectivity index (χ0v) is 14.3. The van der Waals surface area contributed by atoms with Crippen LogP contribution in [0.25, 0.3) is 0 Å². The average molecular weight is 351 g/mol. The molecule has 3 heterocycles. The lowest BCUT2D eigenvalue weighted by Gasteiger charge is -2.27. The standard InChI is InChI=1S/C19H18FN5O/c1-13-6-7-21-18(10-13)22-12-15-11-17-19(26)24(8-9-25(17)23-15)16-4-2-14(20)3-5-16/h2-7,10-11H,8-9,12H2,1H3,(H,21,22). The van der Waals surface area contributed by atoms with E-state index in [1.807, 2.05) is 19.1 Å². The highest BCUT2D eigenvalue weighted by Crippen LogP contribution is 2.22. The summed E-state index contributed by atoms with van der Waals surface area (Å²) >= 11 is 0. The predicted octanol–water partition coefficient (Wildman–Crippen LogP) is 3.00. The number of pyridine rings is 1. The van der Waals surface area contributed by atoms with Crippen LogP contribution in [0, 0.1) is 12.7 Å². The Kier molecular flexibility index (Phi) is 4.12. The number of halogens is 1. The van der Waals surface area contributed by atoms with Crippen LogP contribution in [0.5, 0.6) is 0 Å². The summed E-state index contributed by atoms with van der Waals surface area (Å²) in [5.74, 6) is 0.326. The number of anilines is 2. The van der Waals surface area contributed by atoms with E-state index in [-0.39, 0.29) is 11.7 Å². The summed E-state index contributed by atoms with van der Waals surface area (Å²) in [6, 6.07) is 11.6. The molecule has 0 unspecified atom stereocenters. The second kappa shape index (κ2) is 6.59. The molecule has 1 aliphatic heterocycles. The number of hydrogen-bond acceptors (Lipinski definition) is 4. The van der Waals surface area contributed by atoms with Crippen molar-refractivity contribution in [1.82, 2.24) is 14.8 Å². The molecular weight excluding hydrogens is 333 g/mol. The first-order valence-corrected chi connectivity index (χ1v) is 8.41. The third-order valence-corrected chi connectivity index (χ3v) is 4.33. The van der Waals surface area contributed by atoms with Crippen molar-refractivity contribution in [2.75, 3.05) is 16.8 Å². The molecule has 0 saturated heterocycles. The second-order valence-corrected chi connectivity index (χ2v) is 6.25. The monoisotopic (exact) mass is 351 g/mol. The summed E-state index contributed by atoms with van der Waals surface area (Å²) in [5.41, 5.74) is 3.12. The Morgan fingerprint density at radius 3 is 2.73 bits per heavy atom. The van der Waals surface area contributed by atoms with Crippen LogP contribution in [0.1, 0.15) is 21.7 Å². The SMILES string of the molecule is Cc1ccnc(NCc2cc3n(n2)CCN(c2ccc(F)cc2)C3=O)c1. The summed E-state index contributed by atoms with van der Waals surface area (Å²) in [6.07, 6.45) is 1.75. The number of rotatable bonds is 4. The maximum absolute atomic E-state index is 13.1. The molecule has 2 aromatic heterocycles. The van der Waals surface area contributed by atoms with Crippen molar-refractivity contribution in [1.29, 1.82) is 0 Å². The Morgan fingerprint density at radius 1 is 1.15 bits per heavy atom. The van der Waals surface area contributed by atoms with Gasteiger partial charge >= 0.3 is 0 Å². The van der Waals surface area contributed by atoms with Crippen LogP contribution in [0.2, 0.25) is 0 Å². The Balaban J connectivity index is 1.51. The van der Waals surface area contributed by atoms with Crippen LogP contribution < -0.4 is 10.2 Å². The van der Waals surface area contributed by atoms with Crippen molar-refractivity contribution in [3.63, 3.8) is 0 Å². The van der Waals surface area contributed by atoms with Crippen LogP contribution in [0.15, 0.2) is 48.7 Å². The third-order valence-electron chi connectivity index (χ3n) is 4.33. The van der Waals surface area contributed by atoms with Crippen LogP contribution >= 0.6 is 0 Å². The fourth-order valence-electron chi connectivity index (χ4n) is 3.01. The summed E-state index contributed by atoms with van der Waals surface area (Å²) < 4.78 is 14.8. The van der Waals surface area contributed by atoms with E-state index >= 15 is 0 Å². The molecule has 7 heteroatoms. The smallest absolute Gasteiger partial charge is 0.276 e. The van der Waals surface area contributed by atoms with Gasteiger partial charge in [-0.1, -0.05) is 0 Å². The molecule has 0 spiro atoms. The Hall–Kier alpha value is -3.22. The molecule has 0 saturated carbocycles.